The lowest BCUT2D eigenvalue weighted by Gasteiger charge is -2.16. The lowest BCUT2D eigenvalue weighted by Crippen LogP contribution is -2.25. The maximum absolute atomic E-state index is 5.67. The van der Waals surface area contributed by atoms with Crippen molar-refractivity contribution in [1.82, 2.24) is 5.32 Å². The fourth-order valence-electron chi connectivity index (χ4n) is 1.58. The predicted octanol–water partition coefficient (Wildman–Crippen LogP) is 4.11. The average molecular weight is 375 g/mol. The molecule has 1 aromatic carbocycles. The summed E-state index contributed by atoms with van der Waals surface area (Å²) in [7, 11) is 0. The minimum Gasteiger partial charge on any atom is -0.492 e. The van der Waals surface area contributed by atoms with E-state index in [1.54, 1.807) is 0 Å². The first-order valence-corrected chi connectivity index (χ1v) is 7.44. The van der Waals surface area contributed by atoms with Gasteiger partial charge in [0.2, 0.25) is 0 Å². The Bertz CT molecular complexity index is 440. The van der Waals surface area contributed by atoms with Crippen LogP contribution in [0.2, 0.25) is 0 Å². The van der Waals surface area contributed by atoms with Gasteiger partial charge in [0.1, 0.15) is 5.75 Å². The molecular weight excluding hydrogens is 358 g/mol. The summed E-state index contributed by atoms with van der Waals surface area (Å²) in [4.78, 5) is 0. The smallest absolute Gasteiger partial charge is 0.138 e. The molecule has 1 N–H and O–H groups in total. The second kappa shape index (κ2) is 7.83. The van der Waals surface area contributed by atoms with Crippen LogP contribution in [0.5, 0.6) is 5.75 Å². The molecule has 1 atom stereocenters. The molecule has 2 nitrogen and oxygen atoms in total. The van der Waals surface area contributed by atoms with Crippen LogP contribution in [0.25, 0.3) is 0 Å². The van der Waals surface area contributed by atoms with Gasteiger partial charge >= 0.3 is 0 Å². The summed E-state index contributed by atoms with van der Waals surface area (Å²) in [6.07, 6.45) is 6.02. The molecule has 0 saturated carbocycles. The van der Waals surface area contributed by atoms with Crippen LogP contribution in [0.1, 0.15) is 25.8 Å². The zero-order valence-corrected chi connectivity index (χ0v) is 13.8. The van der Waals surface area contributed by atoms with Gasteiger partial charge in [-0.05, 0) is 41.9 Å². The third-order valence-corrected chi connectivity index (χ3v) is 3.49. The van der Waals surface area contributed by atoms with Gasteiger partial charge in [0.15, 0.2) is 0 Å². The van der Waals surface area contributed by atoms with E-state index >= 15 is 0 Å². The largest absolute Gasteiger partial charge is 0.492 e. The van der Waals surface area contributed by atoms with Crippen LogP contribution < -0.4 is 10.1 Å². The Hall–Kier alpha value is -0.500. The Morgan fingerprint density at radius 3 is 2.78 bits per heavy atom. The summed E-state index contributed by atoms with van der Waals surface area (Å²) >= 11 is 7.01. The van der Waals surface area contributed by atoms with Gasteiger partial charge in [-0.15, -0.1) is 12.3 Å². The molecule has 0 fully saturated rings. The topological polar surface area (TPSA) is 21.3 Å². The monoisotopic (exact) mass is 373 g/mol. The van der Waals surface area contributed by atoms with Crippen LogP contribution in [-0.4, -0.2) is 12.6 Å². The number of hydrogen-bond acceptors (Lipinski definition) is 2. The van der Waals surface area contributed by atoms with Crippen molar-refractivity contribution in [2.75, 3.05) is 6.61 Å². The second-order valence-electron chi connectivity index (χ2n) is 4.00. The Morgan fingerprint density at radius 1 is 1.44 bits per heavy atom. The highest BCUT2D eigenvalue weighted by molar-refractivity contribution is 9.11. The van der Waals surface area contributed by atoms with Gasteiger partial charge in [-0.3, -0.25) is 0 Å². The molecule has 0 aliphatic heterocycles. The molecule has 0 aliphatic rings. The molecule has 1 rings (SSSR count). The second-order valence-corrected chi connectivity index (χ2v) is 5.77. The van der Waals surface area contributed by atoms with E-state index in [0.29, 0.717) is 12.6 Å². The van der Waals surface area contributed by atoms with E-state index in [-0.39, 0.29) is 0 Å². The fourth-order valence-corrected chi connectivity index (χ4v) is 3.01. The summed E-state index contributed by atoms with van der Waals surface area (Å²) in [5.41, 5.74) is 1.11. The van der Waals surface area contributed by atoms with Crippen molar-refractivity contribution in [1.29, 1.82) is 0 Å². The zero-order chi connectivity index (χ0) is 13.5. The van der Waals surface area contributed by atoms with Crippen molar-refractivity contribution < 1.29 is 4.74 Å². The van der Waals surface area contributed by atoms with Crippen LogP contribution in [0.4, 0.5) is 0 Å². The average Bonchev–Trinajstić information content (AvgIpc) is 2.31. The van der Waals surface area contributed by atoms with Gasteiger partial charge < -0.3 is 10.1 Å². The van der Waals surface area contributed by atoms with Crippen LogP contribution in [-0.2, 0) is 6.54 Å². The minimum absolute atomic E-state index is 0.294. The number of hydrogen-bond donors (Lipinski definition) is 1. The predicted molar refractivity (Wildman–Crippen MR) is 82.8 cm³/mol. The maximum Gasteiger partial charge on any atom is 0.138 e. The Morgan fingerprint density at radius 2 is 2.17 bits per heavy atom. The normalized spacial score (nSPS) is 11.9. The van der Waals surface area contributed by atoms with Crippen LogP contribution in [0.3, 0.4) is 0 Å². The Balaban J connectivity index is 2.83. The molecule has 0 aromatic heterocycles. The molecule has 0 radical (unpaired) electrons. The van der Waals surface area contributed by atoms with E-state index in [0.717, 1.165) is 33.2 Å². The number of benzene rings is 1. The van der Waals surface area contributed by atoms with Crippen molar-refractivity contribution in [2.45, 2.75) is 32.9 Å². The first kappa shape index (κ1) is 15.6. The number of terminal acetylenes is 1. The SMILES string of the molecule is C#CCC(C)NCc1cc(Br)cc(Br)c1OCC. The fraction of sp³-hybridized carbons (Fsp3) is 0.429. The summed E-state index contributed by atoms with van der Waals surface area (Å²) < 4.78 is 7.65. The molecule has 98 valence electrons. The molecule has 1 aromatic rings. The van der Waals surface area contributed by atoms with E-state index in [9.17, 15) is 0 Å². The van der Waals surface area contributed by atoms with Gasteiger partial charge in [0.25, 0.3) is 0 Å². The zero-order valence-electron chi connectivity index (χ0n) is 10.6. The van der Waals surface area contributed by atoms with Crippen LogP contribution >= 0.6 is 31.9 Å². The van der Waals surface area contributed by atoms with Crippen molar-refractivity contribution in [3.63, 3.8) is 0 Å². The van der Waals surface area contributed by atoms with E-state index in [1.165, 1.54) is 0 Å². The first-order valence-electron chi connectivity index (χ1n) is 5.86. The van der Waals surface area contributed by atoms with Gasteiger partial charge in [0.05, 0.1) is 11.1 Å². The molecule has 4 heteroatoms. The van der Waals surface area contributed by atoms with E-state index < -0.39 is 0 Å². The molecule has 1 unspecified atom stereocenters. The van der Waals surface area contributed by atoms with E-state index in [2.05, 4.69) is 56.1 Å². The van der Waals surface area contributed by atoms with E-state index in [4.69, 9.17) is 11.2 Å². The molecule has 0 heterocycles. The van der Waals surface area contributed by atoms with Crippen molar-refractivity contribution in [2.24, 2.45) is 0 Å². The lowest BCUT2D eigenvalue weighted by molar-refractivity contribution is 0.332. The Kier molecular flexibility index (Phi) is 6.77. The highest BCUT2D eigenvalue weighted by atomic mass is 79.9. The highest BCUT2D eigenvalue weighted by Gasteiger charge is 2.10. The van der Waals surface area contributed by atoms with Gasteiger partial charge in [-0.25, -0.2) is 0 Å². The first-order chi connectivity index (χ1) is 8.58. The third kappa shape index (κ3) is 4.64. The quantitative estimate of drug-likeness (QED) is 0.756. The van der Waals surface area contributed by atoms with Gasteiger partial charge in [-0.2, -0.15) is 0 Å². The lowest BCUT2D eigenvalue weighted by atomic mass is 10.1. The number of nitrogens with one attached hydrogen (secondary N) is 1. The summed E-state index contributed by atoms with van der Waals surface area (Å²) in [6.45, 7) is 5.43. The number of rotatable bonds is 6. The highest BCUT2D eigenvalue weighted by Crippen LogP contribution is 2.33. The minimum atomic E-state index is 0.294. The van der Waals surface area contributed by atoms with Crippen LogP contribution in [0.15, 0.2) is 21.1 Å². The number of ether oxygens (including phenoxy) is 1. The van der Waals surface area contributed by atoms with Crippen molar-refractivity contribution >= 4 is 31.9 Å². The standard InChI is InChI=1S/C14H17Br2NO/c1-4-6-10(3)17-9-11-7-12(15)8-13(16)14(11)18-5-2/h1,7-8,10,17H,5-6,9H2,2-3H3. The third-order valence-electron chi connectivity index (χ3n) is 2.44. The molecule has 0 aliphatic carbocycles. The number of halogens is 2. The molecule has 0 bridgehead atoms. The molecule has 0 spiro atoms. The van der Waals surface area contributed by atoms with Crippen molar-refractivity contribution in [3.05, 3.63) is 26.6 Å². The summed E-state index contributed by atoms with van der Waals surface area (Å²) in [5, 5.41) is 3.39. The molecular formula is C14H17Br2NO. The summed E-state index contributed by atoms with van der Waals surface area (Å²) in [6, 6.07) is 4.34. The molecule has 0 amide bonds. The molecule has 18 heavy (non-hydrogen) atoms. The molecule has 0 saturated heterocycles. The van der Waals surface area contributed by atoms with E-state index in [1.807, 2.05) is 13.0 Å². The van der Waals surface area contributed by atoms with Gasteiger partial charge in [0, 0.05) is 29.0 Å². The van der Waals surface area contributed by atoms with Crippen molar-refractivity contribution in [3.8, 4) is 18.1 Å². The van der Waals surface area contributed by atoms with Gasteiger partial charge in [-0.1, -0.05) is 15.9 Å². The maximum atomic E-state index is 5.67. The Labute approximate surface area is 126 Å². The summed E-state index contributed by atoms with van der Waals surface area (Å²) in [5.74, 6) is 3.54. The van der Waals surface area contributed by atoms with Crippen LogP contribution in [0, 0.1) is 12.3 Å².